The lowest BCUT2D eigenvalue weighted by atomic mass is 10.3. The van der Waals surface area contributed by atoms with Crippen molar-refractivity contribution in [3.05, 3.63) is 48.3 Å². The van der Waals surface area contributed by atoms with Crippen molar-refractivity contribution in [2.45, 2.75) is 19.5 Å². The second kappa shape index (κ2) is 7.92. The first-order valence-electron chi connectivity index (χ1n) is 6.68. The fourth-order valence-corrected chi connectivity index (χ4v) is 1.93. The molecule has 1 amide bonds. The van der Waals surface area contributed by atoms with Crippen molar-refractivity contribution in [3.63, 3.8) is 0 Å². The van der Waals surface area contributed by atoms with Gasteiger partial charge in [-0.1, -0.05) is 0 Å². The number of rotatable bonds is 8. The second-order valence-corrected chi connectivity index (χ2v) is 4.56. The highest BCUT2D eigenvalue weighted by atomic mass is 16.3. The van der Waals surface area contributed by atoms with Crippen LogP contribution >= 0.6 is 0 Å². The zero-order valence-electron chi connectivity index (χ0n) is 11.6. The number of nitrogens with one attached hydrogen (secondary N) is 1. The van der Waals surface area contributed by atoms with Gasteiger partial charge >= 0.3 is 0 Å². The molecule has 0 fully saturated rings. The summed E-state index contributed by atoms with van der Waals surface area (Å²) in [5.41, 5.74) is 0. The molecule has 0 radical (unpaired) electrons. The third-order valence-corrected chi connectivity index (χ3v) is 2.85. The van der Waals surface area contributed by atoms with Gasteiger partial charge in [0.1, 0.15) is 11.5 Å². The fraction of sp³-hybridized carbons (Fsp3) is 0.333. The van der Waals surface area contributed by atoms with Crippen LogP contribution in [0.5, 0.6) is 0 Å². The normalized spacial score (nSPS) is 10.5. The van der Waals surface area contributed by atoms with Crippen LogP contribution in [0.15, 0.2) is 45.6 Å². The molecule has 0 aliphatic rings. The summed E-state index contributed by atoms with van der Waals surface area (Å²) in [6, 6.07) is 9.34. The van der Waals surface area contributed by atoms with Gasteiger partial charge in [-0.2, -0.15) is 5.26 Å². The quantitative estimate of drug-likeness (QED) is 0.750. The predicted molar refractivity (Wildman–Crippen MR) is 74.8 cm³/mol. The standard InChI is InChI=1S/C15H17N3O3/c16-6-3-7-17-15(19)12-18(10-13-4-1-8-20-13)11-14-5-2-9-21-14/h1-2,4-5,8-9H,3,7,10-12H2,(H,17,19). The number of furan rings is 2. The van der Waals surface area contributed by atoms with Crippen molar-refractivity contribution in [1.82, 2.24) is 10.2 Å². The van der Waals surface area contributed by atoms with E-state index in [0.717, 1.165) is 11.5 Å². The molecule has 0 unspecified atom stereocenters. The van der Waals surface area contributed by atoms with E-state index in [1.54, 1.807) is 12.5 Å². The summed E-state index contributed by atoms with van der Waals surface area (Å²) in [6.45, 7) is 1.61. The molecule has 0 spiro atoms. The Morgan fingerprint density at radius 3 is 2.29 bits per heavy atom. The summed E-state index contributed by atoms with van der Waals surface area (Å²) in [5, 5.41) is 11.2. The van der Waals surface area contributed by atoms with Crippen molar-refractivity contribution in [3.8, 4) is 6.07 Å². The average Bonchev–Trinajstić information content (AvgIpc) is 3.12. The monoisotopic (exact) mass is 287 g/mol. The molecule has 6 nitrogen and oxygen atoms in total. The Morgan fingerprint density at radius 1 is 1.19 bits per heavy atom. The highest BCUT2D eigenvalue weighted by molar-refractivity contribution is 5.77. The molecule has 0 atom stereocenters. The van der Waals surface area contributed by atoms with E-state index < -0.39 is 0 Å². The Morgan fingerprint density at radius 2 is 1.81 bits per heavy atom. The topological polar surface area (TPSA) is 82.4 Å². The first-order valence-corrected chi connectivity index (χ1v) is 6.68. The maximum absolute atomic E-state index is 11.9. The van der Waals surface area contributed by atoms with Crippen LogP contribution < -0.4 is 5.32 Å². The number of hydrogen-bond donors (Lipinski definition) is 1. The molecule has 0 aromatic carbocycles. The molecule has 1 N–H and O–H groups in total. The van der Waals surface area contributed by atoms with Crippen molar-refractivity contribution in [2.75, 3.05) is 13.1 Å². The summed E-state index contributed by atoms with van der Waals surface area (Å²) < 4.78 is 10.6. The number of hydrogen-bond acceptors (Lipinski definition) is 5. The number of carbonyl (C=O) groups is 1. The maximum atomic E-state index is 11.9. The summed E-state index contributed by atoms with van der Waals surface area (Å²) in [4.78, 5) is 13.8. The fourth-order valence-electron chi connectivity index (χ4n) is 1.93. The lowest BCUT2D eigenvalue weighted by Gasteiger charge is -2.19. The van der Waals surface area contributed by atoms with E-state index in [2.05, 4.69) is 5.32 Å². The molecule has 0 saturated heterocycles. The minimum atomic E-state index is -0.122. The number of nitriles is 1. The Kier molecular flexibility index (Phi) is 5.61. The molecule has 21 heavy (non-hydrogen) atoms. The SMILES string of the molecule is N#CCCNC(=O)CN(Cc1ccco1)Cc1ccco1. The first-order chi connectivity index (χ1) is 10.3. The van der Waals surface area contributed by atoms with Crippen LogP contribution in [0.1, 0.15) is 17.9 Å². The van der Waals surface area contributed by atoms with E-state index in [4.69, 9.17) is 14.1 Å². The van der Waals surface area contributed by atoms with Gasteiger partial charge in [0.05, 0.1) is 44.7 Å². The average molecular weight is 287 g/mol. The highest BCUT2D eigenvalue weighted by Gasteiger charge is 2.14. The summed E-state index contributed by atoms with van der Waals surface area (Å²) in [6.07, 6.45) is 3.52. The van der Waals surface area contributed by atoms with Gasteiger partial charge in [-0.3, -0.25) is 9.69 Å². The van der Waals surface area contributed by atoms with Crippen LogP contribution in [0.3, 0.4) is 0 Å². The summed E-state index contributed by atoms with van der Waals surface area (Å²) in [7, 11) is 0. The molecule has 0 saturated carbocycles. The molecule has 0 bridgehead atoms. The predicted octanol–water partition coefficient (Wildman–Crippen LogP) is 1.90. The van der Waals surface area contributed by atoms with Crippen molar-refractivity contribution < 1.29 is 13.6 Å². The van der Waals surface area contributed by atoms with Crippen molar-refractivity contribution in [1.29, 1.82) is 5.26 Å². The van der Waals surface area contributed by atoms with E-state index in [1.165, 1.54) is 0 Å². The highest BCUT2D eigenvalue weighted by Crippen LogP contribution is 2.10. The third kappa shape index (κ3) is 5.16. The molecular formula is C15H17N3O3. The molecule has 2 aromatic rings. The van der Waals surface area contributed by atoms with E-state index >= 15 is 0 Å². The molecule has 110 valence electrons. The molecule has 0 aliphatic carbocycles. The van der Waals surface area contributed by atoms with Gasteiger partial charge in [0, 0.05) is 6.54 Å². The molecule has 6 heteroatoms. The van der Waals surface area contributed by atoms with Gasteiger partial charge < -0.3 is 14.2 Å². The van der Waals surface area contributed by atoms with Crippen LogP contribution in [-0.4, -0.2) is 23.9 Å². The number of nitrogens with zero attached hydrogens (tertiary/aromatic N) is 2. The van der Waals surface area contributed by atoms with E-state index in [-0.39, 0.29) is 12.5 Å². The summed E-state index contributed by atoms with van der Waals surface area (Å²) in [5.74, 6) is 1.45. The van der Waals surface area contributed by atoms with Gasteiger partial charge in [-0.05, 0) is 24.3 Å². The lowest BCUT2D eigenvalue weighted by molar-refractivity contribution is -0.122. The molecule has 2 rings (SSSR count). The molecule has 2 aromatic heterocycles. The van der Waals surface area contributed by atoms with Crippen molar-refractivity contribution >= 4 is 5.91 Å². The van der Waals surface area contributed by atoms with Gasteiger partial charge in [-0.15, -0.1) is 0 Å². The second-order valence-electron chi connectivity index (χ2n) is 4.56. The Bertz CT molecular complexity index is 534. The van der Waals surface area contributed by atoms with E-state index in [9.17, 15) is 4.79 Å². The molecule has 2 heterocycles. The van der Waals surface area contributed by atoms with Gasteiger partial charge in [0.15, 0.2) is 0 Å². The Balaban J connectivity index is 1.91. The van der Waals surface area contributed by atoms with E-state index in [0.29, 0.717) is 26.1 Å². The minimum absolute atomic E-state index is 0.122. The summed E-state index contributed by atoms with van der Waals surface area (Å²) >= 11 is 0. The third-order valence-electron chi connectivity index (χ3n) is 2.85. The van der Waals surface area contributed by atoms with Crippen molar-refractivity contribution in [2.24, 2.45) is 0 Å². The Hall–Kier alpha value is -2.52. The van der Waals surface area contributed by atoms with E-state index in [1.807, 2.05) is 35.2 Å². The lowest BCUT2D eigenvalue weighted by Crippen LogP contribution is -2.36. The molecule has 0 aliphatic heterocycles. The Labute approximate surface area is 122 Å². The first kappa shape index (κ1) is 14.9. The van der Waals surface area contributed by atoms with Crippen LogP contribution in [0.4, 0.5) is 0 Å². The smallest absolute Gasteiger partial charge is 0.234 e. The minimum Gasteiger partial charge on any atom is -0.468 e. The van der Waals surface area contributed by atoms with Gasteiger partial charge in [-0.25, -0.2) is 0 Å². The van der Waals surface area contributed by atoms with Crippen LogP contribution in [0, 0.1) is 11.3 Å². The van der Waals surface area contributed by atoms with Gasteiger partial charge in [0.2, 0.25) is 5.91 Å². The largest absolute Gasteiger partial charge is 0.468 e. The molecular weight excluding hydrogens is 270 g/mol. The maximum Gasteiger partial charge on any atom is 0.234 e. The van der Waals surface area contributed by atoms with Crippen LogP contribution in [0.25, 0.3) is 0 Å². The zero-order chi connectivity index (χ0) is 14.9. The van der Waals surface area contributed by atoms with Crippen LogP contribution in [-0.2, 0) is 17.9 Å². The van der Waals surface area contributed by atoms with Crippen LogP contribution in [0.2, 0.25) is 0 Å². The van der Waals surface area contributed by atoms with Gasteiger partial charge in [0.25, 0.3) is 0 Å². The zero-order valence-corrected chi connectivity index (χ0v) is 11.6. The number of amides is 1. The number of carbonyl (C=O) groups excluding carboxylic acids is 1.